The zero-order valence-electron chi connectivity index (χ0n) is 7.90. The molecule has 0 saturated heterocycles. The van der Waals surface area contributed by atoms with Gasteiger partial charge in [0, 0.05) is 12.0 Å². The van der Waals surface area contributed by atoms with E-state index >= 15 is 0 Å². The van der Waals surface area contributed by atoms with Crippen LogP contribution in [0.15, 0.2) is 46.2 Å². The molecule has 1 aliphatic heterocycles. The highest BCUT2D eigenvalue weighted by atomic mass is 32.2. The van der Waals surface area contributed by atoms with Gasteiger partial charge in [-0.15, -0.1) is 0 Å². The van der Waals surface area contributed by atoms with Crippen LogP contribution in [0.25, 0.3) is 0 Å². The Morgan fingerprint density at radius 1 is 1.27 bits per heavy atom. The second-order valence-corrected chi connectivity index (χ2v) is 4.23. The number of ketones is 1. The Balaban J connectivity index is 2.21. The molecule has 0 bridgehead atoms. The van der Waals surface area contributed by atoms with Crippen molar-refractivity contribution >= 4 is 23.5 Å². The number of carbonyl (C=O) groups is 1. The molecule has 74 valence electrons. The molecule has 2 nitrogen and oxygen atoms in total. The van der Waals surface area contributed by atoms with Gasteiger partial charge in [-0.3, -0.25) is 4.79 Å². The minimum absolute atomic E-state index is 0.0224. The summed E-state index contributed by atoms with van der Waals surface area (Å²) < 4.78 is 0. The van der Waals surface area contributed by atoms with Crippen molar-refractivity contribution in [3.05, 3.63) is 51.8 Å². The lowest BCUT2D eigenvalue weighted by Gasteiger charge is -1.99. The molecule has 1 aromatic carbocycles. The summed E-state index contributed by atoms with van der Waals surface area (Å²) in [5.41, 5.74) is 0.656. The van der Waals surface area contributed by atoms with Crippen LogP contribution in [0.3, 0.4) is 0 Å². The first kappa shape index (κ1) is 9.97. The summed E-state index contributed by atoms with van der Waals surface area (Å²) in [6, 6.07) is 9.05. The van der Waals surface area contributed by atoms with Crippen LogP contribution in [-0.4, -0.2) is 11.7 Å². The molecule has 0 fully saturated rings. The summed E-state index contributed by atoms with van der Waals surface area (Å²) in [7, 11) is 0. The highest BCUT2D eigenvalue weighted by Gasteiger charge is 2.19. The maximum atomic E-state index is 11.9. The molecule has 0 aliphatic carbocycles. The minimum Gasteiger partial charge on any atom is -0.288 e. The SMILES string of the molecule is O=C=C1CC=C(C(=O)c2ccccc2)S1. The average molecular weight is 216 g/mol. The lowest BCUT2D eigenvalue weighted by Crippen LogP contribution is -1.98. The number of allylic oxidation sites excluding steroid dienone is 3. The number of carbonyl (C=O) groups excluding carboxylic acids is 2. The fourth-order valence-corrected chi connectivity index (χ4v) is 2.19. The maximum Gasteiger partial charge on any atom is 0.199 e. The fraction of sp³-hybridized carbons (Fsp3) is 0.0833. The van der Waals surface area contributed by atoms with Gasteiger partial charge in [-0.1, -0.05) is 48.2 Å². The molecular formula is C12H8O2S. The number of hydrogen-bond acceptors (Lipinski definition) is 3. The van der Waals surface area contributed by atoms with Crippen molar-refractivity contribution in [2.75, 3.05) is 0 Å². The van der Waals surface area contributed by atoms with Gasteiger partial charge in [0.2, 0.25) is 0 Å². The highest BCUT2D eigenvalue weighted by molar-refractivity contribution is 8.08. The summed E-state index contributed by atoms with van der Waals surface area (Å²) >= 11 is 1.22. The van der Waals surface area contributed by atoms with Crippen molar-refractivity contribution in [2.24, 2.45) is 0 Å². The molecule has 0 amide bonds. The topological polar surface area (TPSA) is 34.1 Å². The van der Waals surface area contributed by atoms with Crippen LogP contribution in [0.2, 0.25) is 0 Å². The van der Waals surface area contributed by atoms with Crippen LogP contribution in [-0.2, 0) is 4.79 Å². The molecule has 0 radical (unpaired) electrons. The molecule has 0 spiro atoms. The number of rotatable bonds is 2. The first-order valence-corrected chi connectivity index (χ1v) is 5.34. The fourth-order valence-electron chi connectivity index (χ4n) is 1.33. The van der Waals surface area contributed by atoms with Gasteiger partial charge in [0.15, 0.2) is 5.78 Å². The predicted molar refractivity (Wildman–Crippen MR) is 60.3 cm³/mol. The number of benzene rings is 1. The molecule has 1 aromatic rings. The molecule has 2 rings (SSSR count). The molecule has 0 unspecified atom stereocenters. The van der Waals surface area contributed by atoms with E-state index in [-0.39, 0.29) is 5.78 Å². The van der Waals surface area contributed by atoms with E-state index in [1.807, 2.05) is 24.1 Å². The van der Waals surface area contributed by atoms with E-state index in [2.05, 4.69) is 0 Å². The summed E-state index contributed by atoms with van der Waals surface area (Å²) in [4.78, 5) is 23.5. The van der Waals surface area contributed by atoms with Crippen molar-refractivity contribution < 1.29 is 9.59 Å². The summed E-state index contributed by atoms with van der Waals surface area (Å²) in [5, 5.41) is 0. The monoisotopic (exact) mass is 216 g/mol. The lowest BCUT2D eigenvalue weighted by atomic mass is 10.1. The second-order valence-electron chi connectivity index (χ2n) is 3.09. The van der Waals surface area contributed by atoms with E-state index in [1.54, 1.807) is 18.2 Å². The zero-order valence-corrected chi connectivity index (χ0v) is 8.71. The third-order valence-electron chi connectivity index (χ3n) is 2.08. The Bertz CT molecular complexity index is 468. The van der Waals surface area contributed by atoms with Crippen LogP contribution in [0, 0.1) is 0 Å². The van der Waals surface area contributed by atoms with Gasteiger partial charge < -0.3 is 0 Å². The zero-order chi connectivity index (χ0) is 10.7. The molecule has 3 heteroatoms. The number of thioether (sulfide) groups is 1. The Hall–Kier alpha value is -1.57. The van der Waals surface area contributed by atoms with Crippen LogP contribution in [0.1, 0.15) is 16.8 Å². The lowest BCUT2D eigenvalue weighted by molar-refractivity contribution is 0.104. The van der Waals surface area contributed by atoms with Gasteiger partial charge in [0.05, 0.1) is 9.81 Å². The summed E-state index contributed by atoms with van der Waals surface area (Å²) in [5.74, 6) is 1.80. The van der Waals surface area contributed by atoms with E-state index in [0.29, 0.717) is 21.8 Å². The van der Waals surface area contributed by atoms with Crippen molar-refractivity contribution in [1.29, 1.82) is 0 Å². The molecule has 0 N–H and O–H groups in total. The quantitative estimate of drug-likeness (QED) is 0.563. The molecular weight excluding hydrogens is 208 g/mol. The van der Waals surface area contributed by atoms with Gasteiger partial charge >= 0.3 is 0 Å². The van der Waals surface area contributed by atoms with E-state index in [1.165, 1.54) is 11.8 Å². The van der Waals surface area contributed by atoms with Crippen molar-refractivity contribution in [3.63, 3.8) is 0 Å². The highest BCUT2D eigenvalue weighted by Crippen LogP contribution is 2.35. The van der Waals surface area contributed by atoms with Crippen molar-refractivity contribution in [3.8, 4) is 0 Å². The molecule has 1 aliphatic rings. The Labute approximate surface area is 91.7 Å². The first-order valence-electron chi connectivity index (χ1n) is 4.53. The largest absolute Gasteiger partial charge is 0.288 e. The van der Waals surface area contributed by atoms with Gasteiger partial charge in [0.25, 0.3) is 0 Å². The van der Waals surface area contributed by atoms with E-state index in [4.69, 9.17) is 0 Å². The third kappa shape index (κ3) is 2.09. The summed E-state index contributed by atoms with van der Waals surface area (Å²) in [6.07, 6.45) is 2.31. The normalized spacial score (nSPS) is 14.7. The smallest absolute Gasteiger partial charge is 0.199 e. The molecule has 0 saturated carbocycles. The molecule has 15 heavy (non-hydrogen) atoms. The molecule has 0 aromatic heterocycles. The third-order valence-corrected chi connectivity index (χ3v) is 3.15. The van der Waals surface area contributed by atoms with Gasteiger partial charge in [-0.25, -0.2) is 4.79 Å². The van der Waals surface area contributed by atoms with E-state index < -0.39 is 0 Å². The Morgan fingerprint density at radius 2 is 2.00 bits per heavy atom. The first-order chi connectivity index (χ1) is 7.31. The molecule has 1 heterocycles. The average Bonchev–Trinajstić information content (AvgIpc) is 2.78. The van der Waals surface area contributed by atoms with Crippen LogP contribution in [0.5, 0.6) is 0 Å². The van der Waals surface area contributed by atoms with E-state index in [9.17, 15) is 9.59 Å². The van der Waals surface area contributed by atoms with Gasteiger partial charge in [-0.2, -0.15) is 0 Å². The Morgan fingerprint density at radius 3 is 2.60 bits per heavy atom. The van der Waals surface area contributed by atoms with E-state index in [0.717, 1.165) is 0 Å². The van der Waals surface area contributed by atoms with Crippen LogP contribution < -0.4 is 0 Å². The second kappa shape index (κ2) is 4.30. The predicted octanol–water partition coefficient (Wildman–Crippen LogP) is 2.61. The van der Waals surface area contributed by atoms with Crippen LogP contribution in [0.4, 0.5) is 0 Å². The van der Waals surface area contributed by atoms with Crippen molar-refractivity contribution in [2.45, 2.75) is 6.42 Å². The number of hydrogen-bond donors (Lipinski definition) is 0. The standard InChI is InChI=1S/C12H8O2S/c13-8-10-6-7-11(15-10)12(14)9-4-2-1-3-5-9/h1-5,7H,6H2. The maximum absolute atomic E-state index is 11.9. The Kier molecular flexibility index (Phi) is 2.86. The molecule has 0 atom stereocenters. The minimum atomic E-state index is -0.0224. The number of Topliss-reactive ketones (excluding diaryl/α,β-unsaturated/α-hetero) is 1. The summed E-state index contributed by atoms with van der Waals surface area (Å²) in [6.45, 7) is 0. The van der Waals surface area contributed by atoms with Gasteiger partial charge in [-0.05, 0) is 0 Å². The van der Waals surface area contributed by atoms with Crippen molar-refractivity contribution in [1.82, 2.24) is 0 Å². The van der Waals surface area contributed by atoms with Crippen LogP contribution >= 0.6 is 11.8 Å². The van der Waals surface area contributed by atoms with Gasteiger partial charge in [0.1, 0.15) is 5.94 Å².